The minimum atomic E-state index is -0.465. The zero-order chi connectivity index (χ0) is 21.8. The van der Waals surface area contributed by atoms with E-state index in [0.717, 1.165) is 25.2 Å². The topological polar surface area (TPSA) is 93.3 Å². The Hall–Kier alpha value is -3.52. The molecule has 1 aliphatic heterocycles. The molecule has 2 heterocycles. The number of anilines is 1. The zero-order valence-electron chi connectivity index (χ0n) is 17.5. The molecule has 160 valence electrons. The first-order chi connectivity index (χ1) is 15.0. The van der Waals surface area contributed by atoms with E-state index in [9.17, 15) is 14.9 Å². The van der Waals surface area contributed by atoms with Gasteiger partial charge < -0.3 is 9.88 Å². The van der Waals surface area contributed by atoms with Crippen LogP contribution in [0.1, 0.15) is 40.2 Å². The van der Waals surface area contributed by atoms with Gasteiger partial charge in [-0.25, -0.2) is 4.98 Å². The molecule has 0 atom stereocenters. The van der Waals surface area contributed by atoms with Crippen LogP contribution in [0.5, 0.6) is 0 Å². The van der Waals surface area contributed by atoms with Gasteiger partial charge in [-0.3, -0.25) is 19.8 Å². The number of nitro groups is 1. The lowest BCUT2D eigenvalue weighted by molar-refractivity contribution is -0.384. The number of likely N-dealkylation sites (tertiary alicyclic amines) is 1. The van der Waals surface area contributed by atoms with Gasteiger partial charge in [-0.2, -0.15) is 0 Å². The molecule has 1 aliphatic rings. The molecule has 0 radical (unpaired) electrons. The summed E-state index contributed by atoms with van der Waals surface area (Å²) in [5.74, 6) is -0.107. The number of nitrogens with zero attached hydrogens (tertiary/aromatic N) is 4. The Bertz CT molecular complexity index is 1100. The van der Waals surface area contributed by atoms with Gasteiger partial charge in [-0.15, -0.1) is 0 Å². The highest BCUT2D eigenvalue weighted by molar-refractivity contribution is 6.07. The third-order valence-electron chi connectivity index (χ3n) is 5.66. The van der Waals surface area contributed by atoms with E-state index in [1.807, 2.05) is 18.2 Å². The van der Waals surface area contributed by atoms with Crippen molar-refractivity contribution < 1.29 is 9.72 Å². The second-order valence-electron chi connectivity index (χ2n) is 7.79. The lowest BCUT2D eigenvalue weighted by Crippen LogP contribution is -2.19. The highest BCUT2D eigenvalue weighted by Crippen LogP contribution is 2.27. The Morgan fingerprint density at radius 3 is 2.58 bits per heavy atom. The minimum Gasteiger partial charge on any atom is -0.375 e. The number of ketones is 1. The van der Waals surface area contributed by atoms with Gasteiger partial charge >= 0.3 is 0 Å². The molecule has 0 spiro atoms. The predicted molar refractivity (Wildman–Crippen MR) is 118 cm³/mol. The van der Waals surface area contributed by atoms with Gasteiger partial charge in [-0.1, -0.05) is 24.3 Å². The van der Waals surface area contributed by atoms with Crippen LogP contribution in [0, 0.1) is 10.1 Å². The monoisotopic (exact) mass is 419 g/mol. The van der Waals surface area contributed by atoms with Crippen molar-refractivity contribution >= 4 is 17.2 Å². The Morgan fingerprint density at radius 1 is 1.16 bits per heavy atom. The first-order valence-electron chi connectivity index (χ1n) is 10.4. The molecule has 3 aromatic rings. The highest BCUT2D eigenvalue weighted by Gasteiger charge is 2.21. The van der Waals surface area contributed by atoms with Crippen LogP contribution in [0.3, 0.4) is 0 Å². The SMILES string of the molecule is Cn1ccnc1C(=O)c1ccc(NCc2ccccc2CN2CCCC2)c([N+](=O)[O-])c1. The van der Waals surface area contributed by atoms with Gasteiger partial charge in [0.1, 0.15) is 5.69 Å². The maximum absolute atomic E-state index is 12.7. The molecule has 1 aromatic heterocycles. The summed E-state index contributed by atoms with van der Waals surface area (Å²) in [4.78, 5) is 30.4. The standard InChI is InChI=1S/C23H25N5O3/c1-26-13-10-24-23(26)22(29)17-8-9-20(21(14-17)28(30)31)25-15-18-6-2-3-7-19(18)16-27-11-4-5-12-27/h2-3,6-10,13-14,25H,4-5,11-12,15-16H2,1H3. The summed E-state index contributed by atoms with van der Waals surface area (Å²) >= 11 is 0. The molecule has 31 heavy (non-hydrogen) atoms. The lowest BCUT2D eigenvalue weighted by Gasteiger charge is -2.18. The number of carbonyl (C=O) groups is 1. The normalized spacial score (nSPS) is 14.0. The Kier molecular flexibility index (Phi) is 6.08. The van der Waals surface area contributed by atoms with Crippen molar-refractivity contribution in [2.24, 2.45) is 7.05 Å². The van der Waals surface area contributed by atoms with Crippen LogP contribution in [0.25, 0.3) is 0 Å². The molecule has 8 nitrogen and oxygen atoms in total. The smallest absolute Gasteiger partial charge is 0.293 e. The highest BCUT2D eigenvalue weighted by atomic mass is 16.6. The molecule has 0 bridgehead atoms. The third kappa shape index (κ3) is 4.64. The van der Waals surface area contributed by atoms with Crippen molar-refractivity contribution in [3.8, 4) is 0 Å². The van der Waals surface area contributed by atoms with E-state index in [2.05, 4.69) is 21.3 Å². The largest absolute Gasteiger partial charge is 0.375 e. The number of nitrogens with one attached hydrogen (secondary N) is 1. The second-order valence-corrected chi connectivity index (χ2v) is 7.79. The molecule has 2 aromatic carbocycles. The molecule has 0 unspecified atom stereocenters. The number of aryl methyl sites for hydroxylation is 1. The number of hydrogen-bond acceptors (Lipinski definition) is 6. The van der Waals surface area contributed by atoms with Crippen molar-refractivity contribution in [3.05, 3.63) is 87.5 Å². The number of rotatable bonds is 8. The molecule has 1 saturated heterocycles. The van der Waals surface area contributed by atoms with E-state index in [0.29, 0.717) is 12.2 Å². The fourth-order valence-electron chi connectivity index (χ4n) is 3.94. The molecule has 4 rings (SSSR count). The zero-order valence-corrected chi connectivity index (χ0v) is 17.5. The maximum atomic E-state index is 12.7. The van der Waals surface area contributed by atoms with Gasteiger partial charge in [0.25, 0.3) is 5.69 Å². The van der Waals surface area contributed by atoms with E-state index < -0.39 is 4.92 Å². The molecule has 0 saturated carbocycles. The van der Waals surface area contributed by atoms with Gasteiger partial charge in [-0.05, 0) is 49.2 Å². The van der Waals surface area contributed by atoms with Gasteiger partial charge in [0.05, 0.1) is 4.92 Å². The lowest BCUT2D eigenvalue weighted by atomic mass is 10.1. The molecule has 0 aliphatic carbocycles. The Morgan fingerprint density at radius 2 is 1.90 bits per heavy atom. The average molecular weight is 419 g/mol. The number of carbonyl (C=O) groups excluding carboxylic acids is 1. The number of hydrogen-bond donors (Lipinski definition) is 1. The molecule has 1 fully saturated rings. The number of aromatic nitrogens is 2. The number of benzene rings is 2. The number of imidazole rings is 1. The molecule has 8 heteroatoms. The summed E-state index contributed by atoms with van der Waals surface area (Å²) in [7, 11) is 1.71. The van der Waals surface area contributed by atoms with E-state index in [1.54, 1.807) is 29.9 Å². The predicted octanol–water partition coefficient (Wildman–Crippen LogP) is 3.77. The average Bonchev–Trinajstić information content (AvgIpc) is 3.44. The number of nitro benzene ring substituents is 1. The summed E-state index contributed by atoms with van der Waals surface area (Å²) in [5.41, 5.74) is 2.83. The van der Waals surface area contributed by atoms with Gasteiger partial charge in [0.15, 0.2) is 5.82 Å². The van der Waals surface area contributed by atoms with Crippen molar-refractivity contribution in [1.82, 2.24) is 14.5 Å². The van der Waals surface area contributed by atoms with Crippen molar-refractivity contribution in [2.45, 2.75) is 25.9 Å². The van der Waals surface area contributed by atoms with Crippen LogP contribution in [0.15, 0.2) is 54.9 Å². The van der Waals surface area contributed by atoms with Crippen LogP contribution in [-0.4, -0.2) is 38.2 Å². The molecule has 1 N–H and O–H groups in total. The second kappa shape index (κ2) is 9.09. The van der Waals surface area contributed by atoms with E-state index in [1.165, 1.54) is 30.7 Å². The summed E-state index contributed by atoms with van der Waals surface area (Å²) in [5, 5.41) is 14.9. The quantitative estimate of drug-likeness (QED) is 0.339. The fourth-order valence-corrected chi connectivity index (χ4v) is 3.94. The van der Waals surface area contributed by atoms with E-state index in [4.69, 9.17) is 0 Å². The van der Waals surface area contributed by atoms with Gasteiger partial charge in [0, 0.05) is 44.2 Å². The van der Waals surface area contributed by atoms with Crippen molar-refractivity contribution in [3.63, 3.8) is 0 Å². The van der Waals surface area contributed by atoms with Crippen LogP contribution in [0.4, 0.5) is 11.4 Å². The first kappa shape index (κ1) is 20.7. The Labute approximate surface area is 180 Å². The fraction of sp³-hybridized carbons (Fsp3) is 0.304. The van der Waals surface area contributed by atoms with Crippen LogP contribution < -0.4 is 5.32 Å². The molecular weight excluding hydrogens is 394 g/mol. The third-order valence-corrected chi connectivity index (χ3v) is 5.66. The molecule has 0 amide bonds. The summed E-state index contributed by atoms with van der Waals surface area (Å²) < 4.78 is 1.59. The van der Waals surface area contributed by atoms with Crippen molar-refractivity contribution in [2.75, 3.05) is 18.4 Å². The maximum Gasteiger partial charge on any atom is 0.293 e. The van der Waals surface area contributed by atoms with Crippen LogP contribution >= 0.6 is 0 Å². The van der Waals surface area contributed by atoms with Crippen LogP contribution in [0.2, 0.25) is 0 Å². The van der Waals surface area contributed by atoms with E-state index >= 15 is 0 Å². The molecular formula is C23H25N5O3. The Balaban J connectivity index is 1.53. The summed E-state index contributed by atoms with van der Waals surface area (Å²) in [6.45, 7) is 3.58. The minimum absolute atomic E-state index is 0.128. The first-order valence-corrected chi connectivity index (χ1v) is 10.4. The van der Waals surface area contributed by atoms with Crippen LogP contribution in [-0.2, 0) is 20.1 Å². The summed E-state index contributed by atoms with van der Waals surface area (Å²) in [6.07, 6.45) is 5.65. The summed E-state index contributed by atoms with van der Waals surface area (Å²) in [6, 6.07) is 12.7. The van der Waals surface area contributed by atoms with Gasteiger partial charge in [0.2, 0.25) is 5.78 Å². The van der Waals surface area contributed by atoms with Crippen molar-refractivity contribution in [1.29, 1.82) is 0 Å². The van der Waals surface area contributed by atoms with E-state index in [-0.39, 0.29) is 22.9 Å².